The van der Waals surface area contributed by atoms with Crippen molar-refractivity contribution in [3.8, 4) is 0 Å². The summed E-state index contributed by atoms with van der Waals surface area (Å²) in [5.74, 6) is -1.34. The molecule has 1 rings (SSSR count). The first-order chi connectivity index (χ1) is 8.62. The van der Waals surface area contributed by atoms with Gasteiger partial charge in [-0.2, -0.15) is 13.2 Å². The van der Waals surface area contributed by atoms with E-state index in [0.29, 0.717) is 6.07 Å². The molecule has 1 atom stereocenters. The summed E-state index contributed by atoms with van der Waals surface area (Å²) >= 11 is 0. The Kier molecular flexibility index (Phi) is 3.98. The number of anilines is 1. The molecule has 6 nitrogen and oxygen atoms in total. The maximum absolute atomic E-state index is 12.7. The van der Waals surface area contributed by atoms with Crippen LogP contribution in [-0.4, -0.2) is 22.0 Å². The molecule has 0 spiro atoms. The van der Waals surface area contributed by atoms with Gasteiger partial charge in [0.05, 0.1) is 10.5 Å². The second-order valence-electron chi connectivity index (χ2n) is 3.69. The van der Waals surface area contributed by atoms with Crippen molar-refractivity contribution in [3.63, 3.8) is 0 Å². The highest BCUT2D eigenvalue weighted by molar-refractivity contribution is 5.77. The van der Waals surface area contributed by atoms with Gasteiger partial charge in [0.2, 0.25) is 0 Å². The van der Waals surface area contributed by atoms with Gasteiger partial charge < -0.3 is 10.4 Å². The molecule has 104 valence electrons. The van der Waals surface area contributed by atoms with Crippen molar-refractivity contribution in [2.45, 2.75) is 19.1 Å². The summed E-state index contributed by atoms with van der Waals surface area (Å²) in [7, 11) is 0. The van der Waals surface area contributed by atoms with E-state index in [9.17, 15) is 28.1 Å². The van der Waals surface area contributed by atoms with Crippen molar-refractivity contribution in [2.24, 2.45) is 0 Å². The van der Waals surface area contributed by atoms with E-state index in [1.54, 1.807) is 0 Å². The maximum atomic E-state index is 12.7. The summed E-state index contributed by atoms with van der Waals surface area (Å²) in [4.78, 5) is 20.1. The molecule has 0 aliphatic carbocycles. The van der Waals surface area contributed by atoms with E-state index in [4.69, 9.17) is 5.11 Å². The largest absolute Gasteiger partial charge is 0.480 e. The molecule has 9 heteroatoms. The lowest BCUT2D eigenvalue weighted by molar-refractivity contribution is -0.385. The molecule has 0 amide bonds. The van der Waals surface area contributed by atoms with Crippen LogP contribution in [0.4, 0.5) is 24.5 Å². The van der Waals surface area contributed by atoms with Crippen LogP contribution in [0, 0.1) is 10.1 Å². The molecule has 0 aliphatic heterocycles. The Bertz CT molecular complexity index is 516. The quantitative estimate of drug-likeness (QED) is 0.652. The highest BCUT2D eigenvalue weighted by atomic mass is 19.4. The number of alkyl halides is 3. The minimum absolute atomic E-state index is 0.358. The van der Waals surface area contributed by atoms with Crippen LogP contribution < -0.4 is 5.32 Å². The number of nitrogens with one attached hydrogen (secondary N) is 1. The Balaban J connectivity index is 3.24. The zero-order chi connectivity index (χ0) is 14.8. The maximum Gasteiger partial charge on any atom is 0.418 e. The molecule has 0 aliphatic rings. The normalized spacial score (nSPS) is 12.8. The number of nitro groups is 1. The topological polar surface area (TPSA) is 92.5 Å². The number of hydrogen-bond donors (Lipinski definition) is 2. The number of benzene rings is 1. The highest BCUT2D eigenvalue weighted by Crippen LogP contribution is 2.37. The molecule has 0 fully saturated rings. The first-order valence-corrected chi connectivity index (χ1v) is 4.98. The number of carbonyl (C=O) groups is 1. The molecule has 1 unspecified atom stereocenters. The van der Waals surface area contributed by atoms with Crippen LogP contribution in [0.5, 0.6) is 0 Å². The molecule has 2 N–H and O–H groups in total. The third kappa shape index (κ3) is 3.57. The number of hydrogen-bond acceptors (Lipinski definition) is 4. The van der Waals surface area contributed by atoms with Gasteiger partial charge in [-0.25, -0.2) is 0 Å². The number of carboxylic acids is 1. The zero-order valence-corrected chi connectivity index (χ0v) is 9.56. The van der Waals surface area contributed by atoms with Gasteiger partial charge in [0, 0.05) is 17.8 Å². The van der Waals surface area contributed by atoms with Gasteiger partial charge >= 0.3 is 12.1 Å². The number of halogens is 3. The molecule has 0 saturated heterocycles. The zero-order valence-electron chi connectivity index (χ0n) is 9.56. The van der Waals surface area contributed by atoms with Gasteiger partial charge in [0.15, 0.2) is 0 Å². The fraction of sp³-hybridized carbons (Fsp3) is 0.300. The molecule has 0 heterocycles. The van der Waals surface area contributed by atoms with Crippen LogP contribution in [0.1, 0.15) is 12.5 Å². The third-order valence-electron chi connectivity index (χ3n) is 2.26. The van der Waals surface area contributed by atoms with E-state index < -0.39 is 40.0 Å². The Labute approximate surface area is 105 Å². The molecule has 1 aromatic carbocycles. The molecule has 0 saturated carbocycles. The van der Waals surface area contributed by atoms with E-state index in [1.165, 1.54) is 0 Å². The van der Waals surface area contributed by atoms with Crippen molar-refractivity contribution in [3.05, 3.63) is 33.9 Å². The number of non-ortho nitro benzene ring substituents is 1. The minimum Gasteiger partial charge on any atom is -0.480 e. The monoisotopic (exact) mass is 278 g/mol. The Hall–Kier alpha value is -2.32. The van der Waals surface area contributed by atoms with Gasteiger partial charge in [-0.3, -0.25) is 14.9 Å². The van der Waals surface area contributed by atoms with Gasteiger partial charge in [0.25, 0.3) is 5.69 Å². The molecular formula is C10H9F3N2O4. The van der Waals surface area contributed by atoms with E-state index >= 15 is 0 Å². The van der Waals surface area contributed by atoms with Crippen LogP contribution in [0.3, 0.4) is 0 Å². The smallest absolute Gasteiger partial charge is 0.418 e. The van der Waals surface area contributed by atoms with Crippen LogP contribution in [0.25, 0.3) is 0 Å². The molecule has 0 radical (unpaired) electrons. The van der Waals surface area contributed by atoms with E-state index in [2.05, 4.69) is 5.32 Å². The SMILES string of the molecule is CC(Nc1ccc([N+](=O)[O-])cc1C(F)(F)F)C(=O)O. The average molecular weight is 278 g/mol. The fourth-order valence-corrected chi connectivity index (χ4v) is 1.30. The standard InChI is InChI=1S/C10H9F3N2O4/c1-5(9(16)17)14-8-3-2-6(15(18)19)4-7(8)10(11,12)13/h2-5,14H,1H3,(H,16,17). The number of rotatable bonds is 4. The molecule has 1 aromatic rings. The van der Waals surface area contributed by atoms with Crippen molar-refractivity contribution >= 4 is 17.3 Å². The van der Waals surface area contributed by atoms with E-state index in [0.717, 1.165) is 19.1 Å². The van der Waals surface area contributed by atoms with Gasteiger partial charge in [0.1, 0.15) is 6.04 Å². The lowest BCUT2D eigenvalue weighted by atomic mass is 10.1. The first-order valence-electron chi connectivity index (χ1n) is 4.98. The van der Waals surface area contributed by atoms with Crippen molar-refractivity contribution in [2.75, 3.05) is 5.32 Å². The third-order valence-corrected chi connectivity index (χ3v) is 2.26. The molecule has 19 heavy (non-hydrogen) atoms. The molecule has 0 aromatic heterocycles. The van der Waals surface area contributed by atoms with Gasteiger partial charge in [-0.15, -0.1) is 0 Å². The predicted octanol–water partition coefficient (Wildman–Crippen LogP) is 2.50. The summed E-state index contributed by atoms with van der Waals surface area (Å²) in [6.45, 7) is 1.16. The van der Waals surface area contributed by atoms with Gasteiger partial charge in [-0.05, 0) is 13.0 Å². The van der Waals surface area contributed by atoms with Crippen molar-refractivity contribution < 1.29 is 28.0 Å². The second kappa shape index (κ2) is 5.12. The summed E-state index contributed by atoms with van der Waals surface area (Å²) in [5.41, 5.74) is -2.52. The Morgan fingerprint density at radius 1 is 1.47 bits per heavy atom. The van der Waals surface area contributed by atoms with Crippen molar-refractivity contribution in [1.29, 1.82) is 0 Å². The van der Waals surface area contributed by atoms with Gasteiger partial charge in [-0.1, -0.05) is 0 Å². The Morgan fingerprint density at radius 2 is 2.05 bits per heavy atom. The van der Waals surface area contributed by atoms with Crippen LogP contribution >= 0.6 is 0 Å². The number of nitro benzene ring substituents is 1. The summed E-state index contributed by atoms with van der Waals surface area (Å²) in [6, 6.07) is 0.797. The molecule has 0 bridgehead atoms. The number of aliphatic carboxylic acids is 1. The minimum atomic E-state index is -4.83. The van der Waals surface area contributed by atoms with Crippen LogP contribution in [0.2, 0.25) is 0 Å². The first kappa shape index (κ1) is 14.7. The summed E-state index contributed by atoms with van der Waals surface area (Å²) in [6.07, 6.45) is -4.83. The van der Waals surface area contributed by atoms with Crippen molar-refractivity contribution in [1.82, 2.24) is 0 Å². The lowest BCUT2D eigenvalue weighted by Gasteiger charge is -2.16. The summed E-state index contributed by atoms with van der Waals surface area (Å²) < 4.78 is 38.2. The van der Waals surface area contributed by atoms with Crippen LogP contribution in [0.15, 0.2) is 18.2 Å². The van der Waals surface area contributed by atoms with E-state index in [-0.39, 0.29) is 0 Å². The predicted molar refractivity (Wildman–Crippen MR) is 58.8 cm³/mol. The van der Waals surface area contributed by atoms with Crippen LogP contribution in [-0.2, 0) is 11.0 Å². The second-order valence-corrected chi connectivity index (χ2v) is 3.69. The lowest BCUT2D eigenvalue weighted by Crippen LogP contribution is -2.26. The number of nitrogens with zero attached hydrogens (tertiary/aromatic N) is 1. The Morgan fingerprint density at radius 3 is 2.47 bits per heavy atom. The highest BCUT2D eigenvalue weighted by Gasteiger charge is 2.35. The number of carboxylic acid groups (broad SMARTS) is 1. The van der Waals surface area contributed by atoms with E-state index in [1.807, 2.05) is 0 Å². The average Bonchev–Trinajstić information content (AvgIpc) is 2.27. The molecular weight excluding hydrogens is 269 g/mol. The fourth-order valence-electron chi connectivity index (χ4n) is 1.30. The summed E-state index contributed by atoms with van der Waals surface area (Å²) in [5, 5.41) is 21.2.